The van der Waals surface area contributed by atoms with Gasteiger partial charge in [-0.15, -0.1) is 0 Å². The molecule has 1 aromatic heterocycles. The highest BCUT2D eigenvalue weighted by atomic mass is 16.5. The van der Waals surface area contributed by atoms with Crippen LogP contribution < -0.4 is 10.5 Å². The van der Waals surface area contributed by atoms with Gasteiger partial charge in [-0.2, -0.15) is 0 Å². The minimum absolute atomic E-state index is 0.0542. The van der Waals surface area contributed by atoms with E-state index >= 15 is 0 Å². The van der Waals surface area contributed by atoms with Gasteiger partial charge in [0.2, 0.25) is 11.8 Å². The van der Waals surface area contributed by atoms with Gasteiger partial charge in [-0.3, -0.25) is 9.59 Å². The SMILES string of the molecule is CN(C)C(=O)c1ccc(-c2ccc3c(n2)Oc2ccccc2C3C(C)(C)C(N)=O)cc1. The van der Waals surface area contributed by atoms with Gasteiger partial charge in [0.05, 0.1) is 11.1 Å². The number of amides is 2. The first-order chi connectivity index (χ1) is 14.7. The maximum Gasteiger partial charge on any atom is 0.253 e. The molecule has 2 aromatic carbocycles. The molecule has 2 N–H and O–H groups in total. The van der Waals surface area contributed by atoms with Gasteiger partial charge in [-0.05, 0) is 24.3 Å². The van der Waals surface area contributed by atoms with Gasteiger partial charge < -0.3 is 15.4 Å². The molecule has 0 radical (unpaired) electrons. The number of nitrogens with two attached hydrogens (primary N) is 1. The lowest BCUT2D eigenvalue weighted by molar-refractivity contribution is -0.126. The van der Waals surface area contributed by atoms with Crippen LogP contribution in [0.4, 0.5) is 0 Å². The van der Waals surface area contributed by atoms with Crippen LogP contribution in [0.25, 0.3) is 11.3 Å². The molecule has 0 bridgehead atoms. The molecule has 1 aliphatic heterocycles. The molecule has 1 unspecified atom stereocenters. The fourth-order valence-corrected chi connectivity index (χ4v) is 3.96. The molecular weight excluding hydrogens is 390 g/mol. The maximum atomic E-state index is 12.3. The van der Waals surface area contributed by atoms with E-state index in [0.717, 1.165) is 22.4 Å². The predicted octanol–water partition coefficient (Wildman–Crippen LogP) is 4.20. The zero-order valence-corrected chi connectivity index (χ0v) is 18.0. The Morgan fingerprint density at radius 2 is 1.65 bits per heavy atom. The van der Waals surface area contributed by atoms with Gasteiger partial charge in [-0.1, -0.05) is 50.2 Å². The summed E-state index contributed by atoms with van der Waals surface area (Å²) in [5, 5.41) is 0. The average Bonchev–Trinajstić information content (AvgIpc) is 2.76. The monoisotopic (exact) mass is 415 g/mol. The number of carbonyl (C=O) groups is 2. The van der Waals surface area contributed by atoms with Crippen LogP contribution in [0.1, 0.15) is 41.3 Å². The van der Waals surface area contributed by atoms with Crippen molar-refractivity contribution in [3.05, 3.63) is 77.4 Å². The molecule has 0 saturated heterocycles. The number of carbonyl (C=O) groups excluding carboxylic acids is 2. The van der Waals surface area contributed by atoms with Crippen LogP contribution >= 0.6 is 0 Å². The summed E-state index contributed by atoms with van der Waals surface area (Å²) in [6.45, 7) is 3.69. The zero-order chi connectivity index (χ0) is 22.3. The first kappa shape index (κ1) is 20.6. The van der Waals surface area contributed by atoms with Crippen molar-refractivity contribution < 1.29 is 14.3 Å². The second kappa shape index (κ2) is 7.54. The summed E-state index contributed by atoms with van der Waals surface area (Å²) in [7, 11) is 3.45. The molecule has 1 atom stereocenters. The second-order valence-corrected chi connectivity index (χ2v) is 8.53. The molecule has 1 aliphatic rings. The Labute approximate surface area is 181 Å². The van der Waals surface area contributed by atoms with Crippen LogP contribution in [0, 0.1) is 5.41 Å². The summed E-state index contributed by atoms with van der Waals surface area (Å²) in [4.78, 5) is 30.7. The number of ether oxygens (including phenoxy) is 1. The number of nitrogens with zero attached hydrogens (tertiary/aromatic N) is 2. The van der Waals surface area contributed by atoms with E-state index in [0.29, 0.717) is 17.2 Å². The number of benzene rings is 2. The van der Waals surface area contributed by atoms with Crippen LogP contribution in [0.3, 0.4) is 0 Å². The third-order valence-electron chi connectivity index (χ3n) is 5.83. The third-order valence-corrected chi connectivity index (χ3v) is 5.83. The standard InChI is InChI=1S/C25H25N3O3/c1-25(2,24(26)30)21-17-7-5-6-8-20(17)31-22-18(21)13-14-19(27-22)15-9-11-16(12-10-15)23(29)28(3)4/h5-14,21H,1-4H3,(H2,26,30). The molecule has 2 heterocycles. The first-order valence-corrected chi connectivity index (χ1v) is 10.1. The Balaban J connectivity index is 1.77. The minimum Gasteiger partial charge on any atom is -0.438 e. The fourth-order valence-electron chi connectivity index (χ4n) is 3.96. The van der Waals surface area contributed by atoms with Gasteiger partial charge >= 0.3 is 0 Å². The molecular formula is C25H25N3O3. The summed E-state index contributed by atoms with van der Waals surface area (Å²) in [5.74, 6) is 0.424. The lowest BCUT2D eigenvalue weighted by Crippen LogP contribution is -2.38. The van der Waals surface area contributed by atoms with Gasteiger partial charge in [0.25, 0.3) is 5.91 Å². The Morgan fingerprint density at radius 1 is 0.968 bits per heavy atom. The molecule has 3 aromatic rings. The summed E-state index contributed by atoms with van der Waals surface area (Å²) in [6, 6.07) is 18.8. The molecule has 2 amide bonds. The molecule has 4 rings (SSSR count). The highest BCUT2D eigenvalue weighted by Crippen LogP contribution is 2.51. The second-order valence-electron chi connectivity index (χ2n) is 8.53. The largest absolute Gasteiger partial charge is 0.438 e. The smallest absolute Gasteiger partial charge is 0.253 e. The molecule has 31 heavy (non-hydrogen) atoms. The number of fused-ring (bicyclic) bond motifs is 2. The quantitative estimate of drug-likeness (QED) is 0.692. The fraction of sp³-hybridized carbons (Fsp3) is 0.240. The lowest BCUT2D eigenvalue weighted by atomic mass is 9.70. The van der Waals surface area contributed by atoms with E-state index in [1.54, 1.807) is 26.2 Å². The topological polar surface area (TPSA) is 85.5 Å². The van der Waals surface area contributed by atoms with Crippen molar-refractivity contribution in [1.82, 2.24) is 9.88 Å². The zero-order valence-electron chi connectivity index (χ0n) is 18.0. The Hall–Kier alpha value is -3.67. The summed E-state index contributed by atoms with van der Waals surface area (Å²) >= 11 is 0. The van der Waals surface area contributed by atoms with Crippen LogP contribution in [0.2, 0.25) is 0 Å². The van der Waals surface area contributed by atoms with Crippen molar-refractivity contribution in [1.29, 1.82) is 0 Å². The summed E-state index contributed by atoms with van der Waals surface area (Å²) in [6.07, 6.45) is 0. The number of primary amides is 1. The van der Waals surface area contributed by atoms with Gasteiger partial charge in [0, 0.05) is 42.3 Å². The van der Waals surface area contributed by atoms with Crippen LogP contribution in [-0.4, -0.2) is 35.8 Å². The molecule has 6 nitrogen and oxygen atoms in total. The number of para-hydroxylation sites is 1. The van der Waals surface area contributed by atoms with Crippen LogP contribution in [0.15, 0.2) is 60.7 Å². The Kier molecular flexibility index (Phi) is 5.01. The van der Waals surface area contributed by atoms with E-state index in [2.05, 4.69) is 0 Å². The van der Waals surface area contributed by atoms with Crippen molar-refractivity contribution in [3.8, 4) is 22.9 Å². The number of hydrogen-bond donors (Lipinski definition) is 1. The molecule has 0 saturated carbocycles. The van der Waals surface area contributed by atoms with Crippen molar-refractivity contribution >= 4 is 11.8 Å². The number of hydrogen-bond acceptors (Lipinski definition) is 4. The van der Waals surface area contributed by atoms with Crippen molar-refractivity contribution in [2.75, 3.05) is 14.1 Å². The Morgan fingerprint density at radius 3 is 2.29 bits per heavy atom. The summed E-state index contributed by atoms with van der Waals surface area (Å²) in [5.41, 5.74) is 8.88. The third kappa shape index (κ3) is 3.54. The Bertz CT molecular complexity index is 1170. The van der Waals surface area contributed by atoms with Crippen LogP contribution in [-0.2, 0) is 4.79 Å². The van der Waals surface area contributed by atoms with E-state index in [-0.39, 0.29) is 17.7 Å². The number of rotatable bonds is 4. The molecule has 0 aliphatic carbocycles. The van der Waals surface area contributed by atoms with Crippen molar-refractivity contribution in [3.63, 3.8) is 0 Å². The van der Waals surface area contributed by atoms with Crippen molar-refractivity contribution in [2.45, 2.75) is 19.8 Å². The summed E-state index contributed by atoms with van der Waals surface area (Å²) < 4.78 is 6.11. The number of pyridine rings is 1. The van der Waals surface area contributed by atoms with E-state index in [1.807, 2.05) is 62.4 Å². The molecule has 158 valence electrons. The minimum atomic E-state index is -0.827. The van der Waals surface area contributed by atoms with Gasteiger partial charge in [0.1, 0.15) is 5.75 Å². The lowest BCUT2D eigenvalue weighted by Gasteiger charge is -2.36. The van der Waals surface area contributed by atoms with Crippen LogP contribution in [0.5, 0.6) is 11.6 Å². The molecule has 6 heteroatoms. The predicted molar refractivity (Wildman–Crippen MR) is 119 cm³/mol. The first-order valence-electron chi connectivity index (χ1n) is 10.1. The molecule has 0 fully saturated rings. The van der Waals surface area contributed by atoms with Crippen molar-refractivity contribution in [2.24, 2.45) is 11.1 Å². The van der Waals surface area contributed by atoms with Gasteiger partial charge in [0.15, 0.2) is 0 Å². The highest BCUT2D eigenvalue weighted by molar-refractivity contribution is 5.94. The van der Waals surface area contributed by atoms with E-state index in [1.165, 1.54) is 4.90 Å². The van der Waals surface area contributed by atoms with E-state index in [9.17, 15) is 9.59 Å². The maximum absolute atomic E-state index is 12.3. The highest BCUT2D eigenvalue weighted by Gasteiger charge is 2.42. The number of aromatic nitrogens is 1. The van der Waals surface area contributed by atoms with Gasteiger partial charge in [-0.25, -0.2) is 4.98 Å². The normalized spacial score (nSPS) is 14.8. The molecule has 0 spiro atoms. The van der Waals surface area contributed by atoms with E-state index in [4.69, 9.17) is 15.5 Å². The average molecular weight is 415 g/mol. The van der Waals surface area contributed by atoms with E-state index < -0.39 is 5.41 Å².